The third kappa shape index (κ3) is 8.84. The Hall–Kier alpha value is -1.25. The molecule has 80 valence electrons. The zero-order chi connectivity index (χ0) is 11.0. The normalized spacial score (nSPS) is 11.9. The highest BCUT2D eigenvalue weighted by Gasteiger charge is 1.97. The van der Waals surface area contributed by atoms with E-state index < -0.39 is 6.16 Å². The molecule has 0 rings (SSSR count). The number of hydrogen-bond acceptors (Lipinski definition) is 3. The van der Waals surface area contributed by atoms with Crippen molar-refractivity contribution in [3.05, 3.63) is 24.7 Å². The van der Waals surface area contributed by atoms with Crippen LogP contribution >= 0.6 is 0 Å². The summed E-state index contributed by atoms with van der Waals surface area (Å²) in [4.78, 5) is 10.9. The van der Waals surface area contributed by atoms with Gasteiger partial charge in [0.1, 0.15) is 0 Å². The Balaban J connectivity index is 3.66. The van der Waals surface area contributed by atoms with Gasteiger partial charge in [-0.2, -0.15) is 0 Å². The molecule has 0 unspecified atom stereocenters. The molecule has 0 amide bonds. The maximum Gasteiger partial charge on any atom is 0.518 e. The van der Waals surface area contributed by atoms with Gasteiger partial charge in [0.2, 0.25) is 0 Å². The van der Waals surface area contributed by atoms with Gasteiger partial charge in [-0.25, -0.2) is 4.79 Å². The first-order valence-corrected chi connectivity index (χ1v) is 4.73. The van der Waals surface area contributed by atoms with E-state index in [4.69, 9.17) is 0 Å². The van der Waals surface area contributed by atoms with Crippen molar-refractivity contribution in [3.63, 3.8) is 0 Å². The van der Waals surface area contributed by atoms with Crippen LogP contribution in [0.5, 0.6) is 0 Å². The van der Waals surface area contributed by atoms with Crippen LogP contribution in [-0.2, 0) is 9.47 Å². The van der Waals surface area contributed by atoms with Crippen LogP contribution in [0.25, 0.3) is 0 Å². The third-order valence-electron chi connectivity index (χ3n) is 1.26. The first-order valence-electron chi connectivity index (χ1n) is 4.73. The lowest BCUT2D eigenvalue weighted by atomic mass is 10.2. The Morgan fingerprint density at radius 1 is 0.929 bits per heavy atom. The molecule has 0 atom stereocenters. The highest BCUT2D eigenvalue weighted by molar-refractivity contribution is 5.61. The summed E-state index contributed by atoms with van der Waals surface area (Å²) >= 11 is 0. The van der Waals surface area contributed by atoms with E-state index in [1.807, 2.05) is 27.7 Å². The van der Waals surface area contributed by atoms with Gasteiger partial charge in [-0.15, -0.1) is 0 Å². The van der Waals surface area contributed by atoms with Crippen LogP contribution in [0.15, 0.2) is 24.7 Å². The zero-order valence-electron chi connectivity index (χ0n) is 9.19. The second kappa shape index (κ2) is 7.18. The van der Waals surface area contributed by atoms with E-state index >= 15 is 0 Å². The molecule has 0 aliphatic carbocycles. The Morgan fingerprint density at radius 3 is 1.57 bits per heavy atom. The monoisotopic (exact) mass is 198 g/mol. The van der Waals surface area contributed by atoms with Gasteiger partial charge in [0.25, 0.3) is 0 Å². The molecule has 0 saturated heterocycles. The second-order valence-corrected chi connectivity index (χ2v) is 3.63. The molecule has 14 heavy (non-hydrogen) atoms. The minimum atomic E-state index is -0.709. The van der Waals surface area contributed by atoms with Crippen molar-refractivity contribution in [3.8, 4) is 0 Å². The fourth-order valence-electron chi connectivity index (χ4n) is 0.532. The Labute approximate surface area is 85.4 Å². The average Bonchev–Trinajstić information content (AvgIpc) is 2.02. The molecule has 3 nitrogen and oxygen atoms in total. The van der Waals surface area contributed by atoms with E-state index in [0.29, 0.717) is 11.8 Å². The van der Waals surface area contributed by atoms with Crippen molar-refractivity contribution in [1.82, 2.24) is 0 Å². The van der Waals surface area contributed by atoms with Gasteiger partial charge >= 0.3 is 6.16 Å². The molecule has 0 aliphatic heterocycles. The summed E-state index contributed by atoms with van der Waals surface area (Å²) in [6, 6.07) is 0. The highest BCUT2D eigenvalue weighted by Crippen LogP contribution is 1.97. The molecule has 0 saturated carbocycles. The molecule has 0 aromatic heterocycles. The minimum Gasteiger partial charge on any atom is -0.403 e. The predicted octanol–water partition coefficient (Wildman–Crippen LogP) is 3.48. The van der Waals surface area contributed by atoms with Crippen molar-refractivity contribution in [1.29, 1.82) is 0 Å². The molecule has 0 spiro atoms. The summed E-state index contributed by atoms with van der Waals surface area (Å²) in [6.45, 7) is 7.96. The molecule has 0 bridgehead atoms. The quantitative estimate of drug-likeness (QED) is 0.512. The van der Waals surface area contributed by atoms with Gasteiger partial charge in [0.15, 0.2) is 0 Å². The fourth-order valence-corrected chi connectivity index (χ4v) is 0.532. The van der Waals surface area contributed by atoms with Gasteiger partial charge in [-0.3, -0.25) is 0 Å². The summed E-state index contributed by atoms with van der Waals surface area (Å²) in [5.74, 6) is 0.711. The Morgan fingerprint density at radius 2 is 1.29 bits per heavy atom. The van der Waals surface area contributed by atoms with E-state index in [2.05, 4.69) is 9.47 Å². The largest absolute Gasteiger partial charge is 0.518 e. The zero-order valence-corrected chi connectivity index (χ0v) is 9.19. The summed E-state index contributed by atoms with van der Waals surface area (Å²) < 4.78 is 9.28. The van der Waals surface area contributed by atoms with E-state index in [0.717, 1.165) is 0 Å². The molecule has 0 radical (unpaired) electrons. The first kappa shape index (κ1) is 12.8. The molecule has 0 fully saturated rings. The van der Waals surface area contributed by atoms with Crippen molar-refractivity contribution < 1.29 is 14.3 Å². The maximum atomic E-state index is 10.9. The van der Waals surface area contributed by atoms with Crippen molar-refractivity contribution in [2.24, 2.45) is 11.8 Å². The van der Waals surface area contributed by atoms with Crippen molar-refractivity contribution in [2.45, 2.75) is 27.7 Å². The number of rotatable bonds is 4. The van der Waals surface area contributed by atoms with Gasteiger partial charge in [0.05, 0.1) is 12.5 Å². The lowest BCUT2D eigenvalue weighted by molar-refractivity contribution is 0.119. The van der Waals surface area contributed by atoms with Crippen molar-refractivity contribution in [2.75, 3.05) is 0 Å². The predicted molar refractivity (Wildman–Crippen MR) is 55.5 cm³/mol. The molecule has 0 N–H and O–H groups in total. The smallest absolute Gasteiger partial charge is 0.403 e. The van der Waals surface area contributed by atoms with Crippen LogP contribution in [0.3, 0.4) is 0 Å². The summed E-state index contributed by atoms with van der Waals surface area (Å²) in [5, 5.41) is 0. The topological polar surface area (TPSA) is 35.5 Å². The average molecular weight is 198 g/mol. The van der Waals surface area contributed by atoms with Crippen LogP contribution in [0.4, 0.5) is 4.79 Å². The maximum absolute atomic E-state index is 10.9. The number of ether oxygens (including phenoxy) is 2. The van der Waals surface area contributed by atoms with Gasteiger partial charge in [-0.05, 0) is 24.0 Å². The van der Waals surface area contributed by atoms with Crippen LogP contribution in [-0.4, -0.2) is 6.16 Å². The third-order valence-corrected chi connectivity index (χ3v) is 1.26. The lowest BCUT2D eigenvalue weighted by Crippen LogP contribution is -1.98. The lowest BCUT2D eigenvalue weighted by Gasteiger charge is -1.98. The summed E-state index contributed by atoms with van der Waals surface area (Å²) in [7, 11) is 0. The molecular formula is C11H18O3. The van der Waals surface area contributed by atoms with Crippen LogP contribution < -0.4 is 0 Å². The Bertz CT molecular complexity index is 193. The molecule has 3 heteroatoms. The highest BCUT2D eigenvalue weighted by atomic mass is 16.7. The van der Waals surface area contributed by atoms with Crippen LogP contribution in [0.2, 0.25) is 0 Å². The number of allylic oxidation sites excluding steroid dienone is 2. The number of carbonyl (C=O) groups excluding carboxylic acids is 1. The van der Waals surface area contributed by atoms with E-state index in [9.17, 15) is 4.79 Å². The molecule has 0 aromatic rings. The van der Waals surface area contributed by atoms with Gasteiger partial charge < -0.3 is 9.47 Å². The number of carbonyl (C=O) groups is 1. The van der Waals surface area contributed by atoms with Crippen molar-refractivity contribution >= 4 is 6.16 Å². The fraction of sp³-hybridized carbons (Fsp3) is 0.545. The van der Waals surface area contributed by atoms with Gasteiger partial charge in [-0.1, -0.05) is 27.7 Å². The molecule has 0 aromatic carbocycles. The summed E-state index contributed by atoms with van der Waals surface area (Å²) in [6.07, 6.45) is 5.52. The minimum absolute atomic E-state index is 0.356. The first-order chi connectivity index (χ1) is 6.52. The summed E-state index contributed by atoms with van der Waals surface area (Å²) in [5.41, 5.74) is 0. The van der Waals surface area contributed by atoms with Crippen LogP contribution in [0.1, 0.15) is 27.7 Å². The van der Waals surface area contributed by atoms with Gasteiger partial charge in [0, 0.05) is 0 Å². The Kier molecular flexibility index (Phi) is 6.54. The van der Waals surface area contributed by atoms with E-state index in [1.54, 1.807) is 12.2 Å². The van der Waals surface area contributed by atoms with Crippen LogP contribution in [0, 0.1) is 11.8 Å². The molecule has 0 aliphatic rings. The number of hydrogen-bond donors (Lipinski definition) is 0. The SMILES string of the molecule is CC(C)/C=C/OC(=O)O/C=C/C(C)C. The standard InChI is InChI=1S/C11H18O3/c1-9(2)5-7-13-11(12)14-8-6-10(3)4/h5-10H,1-4H3/b7-5+,8-6+. The van der Waals surface area contributed by atoms with E-state index in [1.165, 1.54) is 12.5 Å². The molecular weight excluding hydrogens is 180 g/mol. The second-order valence-electron chi connectivity index (χ2n) is 3.63. The van der Waals surface area contributed by atoms with E-state index in [-0.39, 0.29) is 0 Å². The molecule has 0 heterocycles.